The summed E-state index contributed by atoms with van der Waals surface area (Å²) in [6.07, 6.45) is 3.89. The van der Waals surface area contributed by atoms with Gasteiger partial charge in [0.15, 0.2) is 5.96 Å². The number of nitrogens with zero attached hydrogens (tertiary/aromatic N) is 1. The fourth-order valence-corrected chi connectivity index (χ4v) is 4.28. The minimum atomic E-state index is 0.522. The second-order valence-corrected chi connectivity index (χ2v) is 8.06. The Morgan fingerprint density at radius 2 is 2.19 bits per heavy atom. The maximum Gasteiger partial charge on any atom is 0.191 e. The van der Waals surface area contributed by atoms with Crippen LogP contribution in [0, 0.1) is 0 Å². The number of rotatable bonds is 4. The predicted molar refractivity (Wildman–Crippen MR) is 95.3 cm³/mol. The monoisotopic (exact) mass is 367 g/mol. The molecule has 114 valence electrons. The number of hydrogen-bond acceptors (Lipinski definition) is 2. The molecule has 3 unspecified atom stereocenters. The Bertz CT molecular complexity index is 497. The highest BCUT2D eigenvalue weighted by Gasteiger charge is 2.38. The van der Waals surface area contributed by atoms with E-state index >= 15 is 0 Å². The quantitative estimate of drug-likeness (QED) is 0.632. The lowest BCUT2D eigenvalue weighted by molar-refractivity contribution is 0.722. The molecule has 1 heterocycles. The maximum atomic E-state index is 4.35. The van der Waals surface area contributed by atoms with Crippen molar-refractivity contribution in [1.29, 1.82) is 0 Å². The van der Waals surface area contributed by atoms with Crippen LogP contribution in [0.1, 0.15) is 30.7 Å². The molecule has 1 aliphatic carbocycles. The molecule has 0 aromatic heterocycles. The van der Waals surface area contributed by atoms with Crippen molar-refractivity contribution in [1.82, 2.24) is 10.6 Å². The molecule has 2 N–H and O–H groups in total. The third-order valence-electron chi connectivity index (χ3n) is 4.16. The van der Waals surface area contributed by atoms with E-state index in [1.807, 2.05) is 7.05 Å². The number of aliphatic imine (C=N–C) groups is 1. The van der Waals surface area contributed by atoms with Crippen molar-refractivity contribution in [3.8, 4) is 0 Å². The maximum absolute atomic E-state index is 4.35. The summed E-state index contributed by atoms with van der Waals surface area (Å²) in [4.78, 5) is 4.35. The molecule has 2 fully saturated rings. The Balaban J connectivity index is 1.46. The highest BCUT2D eigenvalue weighted by atomic mass is 79.9. The molecule has 1 aromatic rings. The van der Waals surface area contributed by atoms with Crippen molar-refractivity contribution >= 4 is 33.7 Å². The number of halogens is 1. The second-order valence-electron chi connectivity index (χ2n) is 5.73. The number of benzene rings is 1. The van der Waals surface area contributed by atoms with Crippen LogP contribution in [0.3, 0.4) is 0 Å². The summed E-state index contributed by atoms with van der Waals surface area (Å²) < 4.78 is 1.14. The lowest BCUT2D eigenvalue weighted by atomic mass is 10.1. The van der Waals surface area contributed by atoms with Gasteiger partial charge in [0.05, 0.1) is 0 Å². The predicted octanol–water partition coefficient (Wildman–Crippen LogP) is 3.37. The summed E-state index contributed by atoms with van der Waals surface area (Å²) in [5, 5.41) is 7.77. The minimum Gasteiger partial charge on any atom is -0.355 e. The Morgan fingerprint density at radius 3 is 2.86 bits per heavy atom. The number of thioether (sulfide) groups is 1. The summed E-state index contributed by atoms with van der Waals surface area (Å²) in [6.45, 7) is 1.03. The first-order chi connectivity index (χ1) is 10.3. The average molecular weight is 368 g/mol. The van der Waals surface area contributed by atoms with Gasteiger partial charge in [0, 0.05) is 35.3 Å². The van der Waals surface area contributed by atoms with E-state index in [9.17, 15) is 0 Å². The van der Waals surface area contributed by atoms with Gasteiger partial charge < -0.3 is 10.6 Å². The number of guanidine groups is 1. The Labute approximate surface area is 139 Å². The van der Waals surface area contributed by atoms with Crippen LogP contribution in [0.4, 0.5) is 0 Å². The van der Waals surface area contributed by atoms with Crippen LogP contribution in [0.5, 0.6) is 0 Å². The first kappa shape index (κ1) is 15.2. The van der Waals surface area contributed by atoms with Crippen LogP contribution in [0.2, 0.25) is 0 Å². The minimum absolute atomic E-state index is 0.522. The summed E-state index contributed by atoms with van der Waals surface area (Å²) in [5.41, 5.74) is 1.41. The van der Waals surface area contributed by atoms with Crippen LogP contribution in [0.15, 0.2) is 33.7 Å². The van der Waals surface area contributed by atoms with Crippen LogP contribution in [-0.4, -0.2) is 36.6 Å². The molecule has 2 aliphatic rings. The van der Waals surface area contributed by atoms with Gasteiger partial charge in [0.25, 0.3) is 0 Å². The van der Waals surface area contributed by atoms with Gasteiger partial charge in [-0.3, -0.25) is 4.99 Å². The molecular weight excluding hydrogens is 346 g/mol. The molecule has 3 nitrogen and oxygen atoms in total. The van der Waals surface area contributed by atoms with Gasteiger partial charge in [-0.2, -0.15) is 11.8 Å². The van der Waals surface area contributed by atoms with Crippen molar-refractivity contribution in [2.75, 3.05) is 19.3 Å². The van der Waals surface area contributed by atoms with Gasteiger partial charge in [-0.15, -0.1) is 0 Å². The SMILES string of the molecule is CN=C(NCC1CCCS1)NC1CC1c1ccc(Br)cc1. The van der Waals surface area contributed by atoms with Crippen LogP contribution in [0.25, 0.3) is 0 Å². The molecule has 3 rings (SSSR count). The van der Waals surface area contributed by atoms with Crippen molar-refractivity contribution in [3.05, 3.63) is 34.3 Å². The Hall–Kier alpha value is -0.680. The van der Waals surface area contributed by atoms with E-state index in [2.05, 4.69) is 67.6 Å². The zero-order valence-corrected chi connectivity index (χ0v) is 14.7. The summed E-state index contributed by atoms with van der Waals surface area (Å²) in [6, 6.07) is 9.18. The van der Waals surface area contributed by atoms with Gasteiger partial charge in [-0.1, -0.05) is 28.1 Å². The van der Waals surface area contributed by atoms with Crippen LogP contribution < -0.4 is 10.6 Å². The summed E-state index contributed by atoms with van der Waals surface area (Å²) >= 11 is 5.57. The molecule has 0 spiro atoms. The van der Waals surface area contributed by atoms with E-state index < -0.39 is 0 Å². The van der Waals surface area contributed by atoms with Gasteiger partial charge in [-0.05, 0) is 42.7 Å². The molecule has 1 aliphatic heterocycles. The first-order valence-electron chi connectivity index (χ1n) is 7.60. The van der Waals surface area contributed by atoms with Crippen LogP contribution >= 0.6 is 27.7 Å². The standard InChI is InChI=1S/C16H22BrN3S/c1-18-16(19-10-13-3-2-8-21-13)20-15-9-14(15)11-4-6-12(17)7-5-11/h4-7,13-15H,2-3,8-10H2,1H3,(H2,18,19,20). The van der Waals surface area contributed by atoms with Crippen molar-refractivity contribution < 1.29 is 0 Å². The third-order valence-corrected chi connectivity index (χ3v) is 6.08. The van der Waals surface area contributed by atoms with E-state index in [0.717, 1.165) is 22.2 Å². The molecule has 1 aromatic carbocycles. The molecule has 1 saturated heterocycles. The van der Waals surface area contributed by atoms with E-state index in [-0.39, 0.29) is 0 Å². The zero-order chi connectivity index (χ0) is 14.7. The molecular formula is C16H22BrN3S. The van der Waals surface area contributed by atoms with E-state index in [1.54, 1.807) is 0 Å². The average Bonchev–Trinajstić information content (AvgIpc) is 3.06. The fraction of sp³-hybridized carbons (Fsp3) is 0.562. The van der Waals surface area contributed by atoms with Gasteiger partial charge >= 0.3 is 0 Å². The highest BCUT2D eigenvalue weighted by Crippen LogP contribution is 2.41. The molecule has 0 amide bonds. The molecule has 5 heteroatoms. The van der Waals surface area contributed by atoms with Gasteiger partial charge in [0.1, 0.15) is 0 Å². The summed E-state index contributed by atoms with van der Waals surface area (Å²) in [7, 11) is 1.86. The normalized spacial score (nSPS) is 28.5. The summed E-state index contributed by atoms with van der Waals surface area (Å²) in [5.74, 6) is 2.89. The molecule has 3 atom stereocenters. The lowest BCUT2D eigenvalue weighted by Gasteiger charge is -2.14. The lowest BCUT2D eigenvalue weighted by Crippen LogP contribution is -2.41. The van der Waals surface area contributed by atoms with Gasteiger partial charge in [0.2, 0.25) is 0 Å². The Morgan fingerprint density at radius 1 is 1.38 bits per heavy atom. The molecule has 1 saturated carbocycles. The van der Waals surface area contributed by atoms with Crippen molar-refractivity contribution in [3.63, 3.8) is 0 Å². The smallest absolute Gasteiger partial charge is 0.191 e. The first-order valence-corrected chi connectivity index (χ1v) is 9.44. The van der Waals surface area contributed by atoms with E-state index in [1.165, 1.54) is 30.6 Å². The third kappa shape index (κ3) is 4.16. The zero-order valence-electron chi connectivity index (χ0n) is 12.3. The number of nitrogens with one attached hydrogen (secondary N) is 2. The topological polar surface area (TPSA) is 36.4 Å². The van der Waals surface area contributed by atoms with E-state index in [4.69, 9.17) is 0 Å². The fourth-order valence-electron chi connectivity index (χ4n) is 2.82. The van der Waals surface area contributed by atoms with E-state index in [0.29, 0.717) is 12.0 Å². The molecule has 21 heavy (non-hydrogen) atoms. The number of hydrogen-bond donors (Lipinski definition) is 2. The van der Waals surface area contributed by atoms with Crippen molar-refractivity contribution in [2.45, 2.75) is 36.5 Å². The highest BCUT2D eigenvalue weighted by molar-refractivity contribution is 9.10. The Kier molecular flexibility index (Phi) is 5.11. The molecule has 0 bridgehead atoms. The second kappa shape index (κ2) is 7.05. The van der Waals surface area contributed by atoms with Crippen molar-refractivity contribution in [2.24, 2.45) is 4.99 Å². The molecule has 0 radical (unpaired) electrons. The largest absolute Gasteiger partial charge is 0.355 e. The van der Waals surface area contributed by atoms with Gasteiger partial charge in [-0.25, -0.2) is 0 Å². The van der Waals surface area contributed by atoms with Crippen LogP contribution in [-0.2, 0) is 0 Å².